The Labute approximate surface area is 148 Å². The van der Waals surface area contributed by atoms with Crippen LogP contribution in [-0.2, 0) is 17.8 Å². The number of rotatable bonds is 6. The van der Waals surface area contributed by atoms with Crippen LogP contribution in [0.1, 0.15) is 16.7 Å². The maximum atomic E-state index is 12.1. The number of carbonyl (C=O) groups excluding carboxylic acids is 1. The number of anilines is 1. The van der Waals surface area contributed by atoms with Crippen LogP contribution >= 0.6 is 0 Å². The van der Waals surface area contributed by atoms with Gasteiger partial charge in [0.15, 0.2) is 0 Å². The molecule has 0 radical (unpaired) electrons. The van der Waals surface area contributed by atoms with Crippen molar-refractivity contribution < 1.29 is 9.53 Å². The van der Waals surface area contributed by atoms with E-state index in [1.807, 2.05) is 85.8 Å². The van der Waals surface area contributed by atoms with E-state index >= 15 is 0 Å². The molecule has 0 saturated heterocycles. The SMILES string of the molecule is Cc1cccc(CC(=O)Nc2ccc(OCc3ccccc3)cc2)c1. The van der Waals surface area contributed by atoms with Crippen molar-refractivity contribution in [2.24, 2.45) is 0 Å². The summed E-state index contributed by atoms with van der Waals surface area (Å²) in [7, 11) is 0. The molecule has 3 aromatic carbocycles. The molecule has 0 spiro atoms. The first kappa shape index (κ1) is 16.8. The lowest BCUT2D eigenvalue weighted by atomic mass is 10.1. The van der Waals surface area contributed by atoms with Crippen molar-refractivity contribution in [2.45, 2.75) is 20.0 Å². The quantitative estimate of drug-likeness (QED) is 0.707. The zero-order valence-corrected chi connectivity index (χ0v) is 14.2. The van der Waals surface area contributed by atoms with Gasteiger partial charge in [0.1, 0.15) is 12.4 Å². The zero-order chi connectivity index (χ0) is 17.5. The van der Waals surface area contributed by atoms with Gasteiger partial charge in [-0.3, -0.25) is 4.79 Å². The second kappa shape index (κ2) is 8.15. The fourth-order valence-corrected chi connectivity index (χ4v) is 2.59. The molecule has 0 aromatic heterocycles. The van der Waals surface area contributed by atoms with E-state index in [0.29, 0.717) is 13.0 Å². The smallest absolute Gasteiger partial charge is 0.228 e. The highest BCUT2D eigenvalue weighted by Crippen LogP contribution is 2.17. The van der Waals surface area contributed by atoms with Crippen molar-refractivity contribution in [3.63, 3.8) is 0 Å². The van der Waals surface area contributed by atoms with E-state index in [1.165, 1.54) is 0 Å². The number of nitrogens with one attached hydrogen (secondary N) is 1. The van der Waals surface area contributed by atoms with Gasteiger partial charge in [-0.25, -0.2) is 0 Å². The lowest BCUT2D eigenvalue weighted by Crippen LogP contribution is -2.14. The van der Waals surface area contributed by atoms with E-state index in [2.05, 4.69) is 5.32 Å². The molecular weight excluding hydrogens is 310 g/mol. The molecule has 3 heteroatoms. The van der Waals surface area contributed by atoms with Gasteiger partial charge in [0.05, 0.1) is 6.42 Å². The number of hydrogen-bond acceptors (Lipinski definition) is 2. The number of carbonyl (C=O) groups is 1. The van der Waals surface area contributed by atoms with Crippen LogP contribution in [0.5, 0.6) is 5.75 Å². The molecule has 0 aliphatic carbocycles. The molecular formula is C22H21NO2. The molecule has 0 heterocycles. The maximum Gasteiger partial charge on any atom is 0.228 e. The van der Waals surface area contributed by atoms with E-state index in [-0.39, 0.29) is 5.91 Å². The third-order valence-electron chi connectivity index (χ3n) is 3.83. The van der Waals surface area contributed by atoms with Gasteiger partial charge in [0, 0.05) is 5.69 Å². The largest absolute Gasteiger partial charge is 0.489 e. The van der Waals surface area contributed by atoms with Gasteiger partial charge in [0.25, 0.3) is 0 Å². The van der Waals surface area contributed by atoms with Crippen LogP contribution in [0.3, 0.4) is 0 Å². The fraction of sp³-hybridized carbons (Fsp3) is 0.136. The van der Waals surface area contributed by atoms with Crippen LogP contribution in [0.4, 0.5) is 5.69 Å². The molecule has 3 rings (SSSR count). The van der Waals surface area contributed by atoms with Crippen molar-refractivity contribution in [2.75, 3.05) is 5.32 Å². The fourth-order valence-electron chi connectivity index (χ4n) is 2.59. The van der Waals surface area contributed by atoms with Gasteiger partial charge in [-0.05, 0) is 42.3 Å². The molecule has 0 aliphatic rings. The third-order valence-corrected chi connectivity index (χ3v) is 3.83. The van der Waals surface area contributed by atoms with Crippen LogP contribution in [0.25, 0.3) is 0 Å². The second-order valence-electron chi connectivity index (χ2n) is 6.01. The van der Waals surface area contributed by atoms with Crippen molar-refractivity contribution in [3.8, 4) is 5.75 Å². The number of benzene rings is 3. The minimum absolute atomic E-state index is 0.0245. The van der Waals surface area contributed by atoms with Crippen LogP contribution in [-0.4, -0.2) is 5.91 Å². The average Bonchev–Trinajstić information content (AvgIpc) is 2.62. The molecule has 3 aromatic rings. The zero-order valence-electron chi connectivity index (χ0n) is 14.2. The van der Waals surface area contributed by atoms with Crippen LogP contribution in [0, 0.1) is 6.92 Å². The van der Waals surface area contributed by atoms with Gasteiger partial charge < -0.3 is 10.1 Å². The van der Waals surface area contributed by atoms with Crippen LogP contribution in [0.15, 0.2) is 78.9 Å². The Hall–Kier alpha value is -3.07. The van der Waals surface area contributed by atoms with Crippen molar-refractivity contribution in [3.05, 3.63) is 95.6 Å². The number of aryl methyl sites for hydroxylation is 1. The summed E-state index contributed by atoms with van der Waals surface area (Å²) in [5, 5.41) is 2.92. The third kappa shape index (κ3) is 5.21. The second-order valence-corrected chi connectivity index (χ2v) is 6.01. The average molecular weight is 331 g/mol. The van der Waals surface area contributed by atoms with E-state index in [9.17, 15) is 4.79 Å². The Bertz CT molecular complexity index is 826. The molecule has 0 saturated carbocycles. The summed E-state index contributed by atoms with van der Waals surface area (Å²) >= 11 is 0. The summed E-state index contributed by atoms with van der Waals surface area (Å²) in [6, 6.07) is 25.5. The highest BCUT2D eigenvalue weighted by molar-refractivity contribution is 5.92. The highest BCUT2D eigenvalue weighted by atomic mass is 16.5. The standard InChI is InChI=1S/C22H21NO2/c1-17-6-5-9-19(14-17)15-22(24)23-20-10-12-21(13-11-20)25-16-18-7-3-2-4-8-18/h2-14H,15-16H2,1H3,(H,23,24). The van der Waals surface area contributed by atoms with Gasteiger partial charge in [-0.1, -0.05) is 60.2 Å². The summed E-state index contributed by atoms with van der Waals surface area (Å²) in [5.74, 6) is 0.754. The molecule has 0 bridgehead atoms. The lowest BCUT2D eigenvalue weighted by Gasteiger charge is -2.09. The Morgan fingerprint density at radius 3 is 2.32 bits per heavy atom. The van der Waals surface area contributed by atoms with Gasteiger partial charge in [-0.15, -0.1) is 0 Å². The summed E-state index contributed by atoms with van der Waals surface area (Å²) in [5.41, 5.74) is 4.06. The predicted molar refractivity (Wildman–Crippen MR) is 101 cm³/mol. The summed E-state index contributed by atoms with van der Waals surface area (Å²) in [6.45, 7) is 2.55. The first-order chi connectivity index (χ1) is 12.2. The molecule has 0 unspecified atom stereocenters. The van der Waals surface area contributed by atoms with E-state index in [0.717, 1.165) is 28.1 Å². The highest BCUT2D eigenvalue weighted by Gasteiger charge is 2.05. The van der Waals surface area contributed by atoms with Gasteiger partial charge in [0.2, 0.25) is 5.91 Å². The minimum atomic E-state index is -0.0245. The maximum absolute atomic E-state index is 12.1. The van der Waals surface area contributed by atoms with E-state index in [4.69, 9.17) is 4.74 Å². The van der Waals surface area contributed by atoms with Crippen molar-refractivity contribution in [1.82, 2.24) is 0 Å². The predicted octanol–water partition coefficient (Wildman–Crippen LogP) is 4.76. The first-order valence-corrected chi connectivity index (χ1v) is 8.31. The van der Waals surface area contributed by atoms with Gasteiger partial charge >= 0.3 is 0 Å². The summed E-state index contributed by atoms with van der Waals surface area (Å²) < 4.78 is 5.75. The van der Waals surface area contributed by atoms with Crippen molar-refractivity contribution >= 4 is 11.6 Å². The summed E-state index contributed by atoms with van der Waals surface area (Å²) in [6.07, 6.45) is 0.369. The Kier molecular flexibility index (Phi) is 5.47. The normalized spacial score (nSPS) is 10.3. The Morgan fingerprint density at radius 1 is 0.880 bits per heavy atom. The van der Waals surface area contributed by atoms with Crippen LogP contribution in [0.2, 0.25) is 0 Å². The number of amides is 1. The number of hydrogen-bond donors (Lipinski definition) is 1. The monoisotopic (exact) mass is 331 g/mol. The van der Waals surface area contributed by atoms with E-state index < -0.39 is 0 Å². The molecule has 0 fully saturated rings. The molecule has 1 amide bonds. The lowest BCUT2D eigenvalue weighted by molar-refractivity contribution is -0.115. The molecule has 126 valence electrons. The van der Waals surface area contributed by atoms with Crippen molar-refractivity contribution in [1.29, 1.82) is 0 Å². The first-order valence-electron chi connectivity index (χ1n) is 8.31. The van der Waals surface area contributed by atoms with Crippen LogP contribution < -0.4 is 10.1 Å². The molecule has 3 nitrogen and oxygen atoms in total. The Morgan fingerprint density at radius 2 is 1.60 bits per heavy atom. The minimum Gasteiger partial charge on any atom is -0.489 e. The molecule has 0 aliphatic heterocycles. The number of ether oxygens (including phenoxy) is 1. The molecule has 25 heavy (non-hydrogen) atoms. The topological polar surface area (TPSA) is 38.3 Å². The van der Waals surface area contributed by atoms with Gasteiger partial charge in [-0.2, -0.15) is 0 Å². The summed E-state index contributed by atoms with van der Waals surface area (Å²) in [4.78, 5) is 12.1. The molecule has 0 atom stereocenters. The molecule has 1 N–H and O–H groups in total. The van der Waals surface area contributed by atoms with E-state index in [1.54, 1.807) is 0 Å². The Balaban J connectivity index is 1.52.